The van der Waals surface area contributed by atoms with Crippen LogP contribution in [0, 0.1) is 5.92 Å². The first kappa shape index (κ1) is 14.4. The molecular weight excluding hydrogens is 279 g/mol. The average Bonchev–Trinajstić information content (AvgIpc) is 2.43. The standard InChI is InChI=1S/C16H16Cl2O/c17-15-7-4-8-16(18)14(15)10-13(11-19)9-12-5-2-1-3-6-12/h1-8,13,19H,9-11H2. The smallest absolute Gasteiger partial charge is 0.0465 e. The fourth-order valence-electron chi connectivity index (χ4n) is 2.16. The minimum Gasteiger partial charge on any atom is -0.396 e. The molecule has 100 valence electrons. The van der Waals surface area contributed by atoms with Crippen molar-refractivity contribution < 1.29 is 5.11 Å². The maximum Gasteiger partial charge on any atom is 0.0465 e. The van der Waals surface area contributed by atoms with Gasteiger partial charge in [-0.25, -0.2) is 0 Å². The summed E-state index contributed by atoms with van der Waals surface area (Å²) in [6, 6.07) is 15.6. The van der Waals surface area contributed by atoms with Crippen LogP contribution in [0.25, 0.3) is 0 Å². The van der Waals surface area contributed by atoms with Crippen molar-refractivity contribution in [3.8, 4) is 0 Å². The van der Waals surface area contributed by atoms with Gasteiger partial charge in [0.25, 0.3) is 0 Å². The van der Waals surface area contributed by atoms with Gasteiger partial charge in [-0.3, -0.25) is 0 Å². The average molecular weight is 295 g/mol. The Hall–Kier alpha value is -1.02. The van der Waals surface area contributed by atoms with Crippen molar-refractivity contribution in [3.63, 3.8) is 0 Å². The predicted molar refractivity (Wildman–Crippen MR) is 80.9 cm³/mol. The van der Waals surface area contributed by atoms with Crippen LogP contribution in [-0.2, 0) is 12.8 Å². The Kier molecular flexibility index (Phi) is 5.26. The second kappa shape index (κ2) is 6.95. The summed E-state index contributed by atoms with van der Waals surface area (Å²) in [5.74, 6) is 0.125. The lowest BCUT2D eigenvalue weighted by Gasteiger charge is -2.16. The number of halogens is 2. The lowest BCUT2D eigenvalue weighted by molar-refractivity contribution is 0.225. The van der Waals surface area contributed by atoms with Crippen molar-refractivity contribution in [1.29, 1.82) is 0 Å². The number of hydrogen-bond donors (Lipinski definition) is 1. The molecule has 0 radical (unpaired) electrons. The summed E-state index contributed by atoms with van der Waals surface area (Å²) in [5, 5.41) is 10.9. The number of rotatable bonds is 5. The summed E-state index contributed by atoms with van der Waals surface area (Å²) in [5.41, 5.74) is 2.13. The molecule has 0 aromatic heterocycles. The summed E-state index contributed by atoms with van der Waals surface area (Å²) in [7, 11) is 0. The van der Waals surface area contributed by atoms with E-state index >= 15 is 0 Å². The van der Waals surface area contributed by atoms with E-state index in [1.54, 1.807) is 0 Å². The molecule has 1 unspecified atom stereocenters. The summed E-state index contributed by atoms with van der Waals surface area (Å²) >= 11 is 12.3. The highest BCUT2D eigenvalue weighted by molar-refractivity contribution is 6.35. The SMILES string of the molecule is OCC(Cc1ccccc1)Cc1c(Cl)cccc1Cl. The van der Waals surface area contributed by atoms with Crippen molar-refractivity contribution in [1.82, 2.24) is 0 Å². The molecule has 0 aliphatic rings. The minimum atomic E-state index is 0.121. The van der Waals surface area contributed by atoms with Gasteiger partial charge in [-0.2, -0.15) is 0 Å². The van der Waals surface area contributed by atoms with Gasteiger partial charge < -0.3 is 5.11 Å². The topological polar surface area (TPSA) is 20.2 Å². The van der Waals surface area contributed by atoms with E-state index in [0.717, 1.165) is 12.0 Å². The molecule has 19 heavy (non-hydrogen) atoms. The Labute approximate surface area is 123 Å². The molecule has 0 bridgehead atoms. The maximum atomic E-state index is 9.54. The number of benzene rings is 2. The molecule has 0 aliphatic carbocycles. The van der Waals surface area contributed by atoms with E-state index in [1.807, 2.05) is 36.4 Å². The Bertz CT molecular complexity index is 505. The fraction of sp³-hybridized carbons (Fsp3) is 0.250. The normalized spacial score (nSPS) is 12.4. The third-order valence-electron chi connectivity index (χ3n) is 3.18. The third-order valence-corrected chi connectivity index (χ3v) is 3.89. The molecule has 0 fully saturated rings. The maximum absolute atomic E-state index is 9.54. The second-order valence-electron chi connectivity index (χ2n) is 4.64. The van der Waals surface area contributed by atoms with Gasteiger partial charge in [-0.05, 0) is 42.0 Å². The van der Waals surface area contributed by atoms with Crippen LogP contribution in [0.4, 0.5) is 0 Å². The van der Waals surface area contributed by atoms with Crippen LogP contribution in [0.2, 0.25) is 10.0 Å². The molecule has 1 N–H and O–H groups in total. The van der Waals surface area contributed by atoms with Gasteiger partial charge >= 0.3 is 0 Å². The molecule has 1 atom stereocenters. The molecule has 0 saturated heterocycles. The van der Waals surface area contributed by atoms with E-state index in [-0.39, 0.29) is 12.5 Å². The van der Waals surface area contributed by atoms with Crippen LogP contribution in [-0.4, -0.2) is 11.7 Å². The van der Waals surface area contributed by atoms with Gasteiger partial charge in [0.05, 0.1) is 0 Å². The zero-order chi connectivity index (χ0) is 13.7. The first-order valence-corrected chi connectivity index (χ1v) is 7.04. The van der Waals surface area contributed by atoms with Gasteiger partial charge in [0.2, 0.25) is 0 Å². The molecule has 0 heterocycles. The van der Waals surface area contributed by atoms with Crippen molar-refractivity contribution in [2.75, 3.05) is 6.61 Å². The number of aliphatic hydroxyl groups excluding tert-OH is 1. The Morgan fingerprint density at radius 2 is 1.47 bits per heavy atom. The van der Waals surface area contributed by atoms with Gasteiger partial charge in [0, 0.05) is 16.7 Å². The Morgan fingerprint density at radius 1 is 0.842 bits per heavy atom. The molecule has 0 aliphatic heterocycles. The molecule has 2 aromatic rings. The number of hydrogen-bond acceptors (Lipinski definition) is 1. The van der Waals surface area contributed by atoms with Crippen molar-refractivity contribution in [2.24, 2.45) is 5.92 Å². The van der Waals surface area contributed by atoms with E-state index in [9.17, 15) is 5.11 Å². The van der Waals surface area contributed by atoms with Crippen LogP contribution in [0.3, 0.4) is 0 Å². The second-order valence-corrected chi connectivity index (χ2v) is 5.46. The van der Waals surface area contributed by atoms with Gasteiger partial charge in [0.1, 0.15) is 0 Å². The van der Waals surface area contributed by atoms with Crippen LogP contribution >= 0.6 is 23.2 Å². The molecule has 2 rings (SSSR count). The van der Waals surface area contributed by atoms with Gasteiger partial charge in [0.15, 0.2) is 0 Å². The summed E-state index contributed by atoms with van der Waals surface area (Å²) in [6.07, 6.45) is 1.50. The fourth-order valence-corrected chi connectivity index (χ4v) is 2.72. The molecule has 3 heteroatoms. The Morgan fingerprint density at radius 3 is 2.05 bits per heavy atom. The van der Waals surface area contributed by atoms with E-state index in [1.165, 1.54) is 5.56 Å². The van der Waals surface area contributed by atoms with Crippen molar-refractivity contribution >= 4 is 23.2 Å². The van der Waals surface area contributed by atoms with Gasteiger partial charge in [-0.15, -0.1) is 0 Å². The number of aliphatic hydroxyl groups is 1. The zero-order valence-corrected chi connectivity index (χ0v) is 12.0. The summed E-state index contributed by atoms with van der Waals surface area (Å²) < 4.78 is 0. The van der Waals surface area contributed by atoms with Crippen molar-refractivity contribution in [3.05, 3.63) is 69.7 Å². The van der Waals surface area contributed by atoms with Gasteiger partial charge in [-0.1, -0.05) is 59.6 Å². The minimum absolute atomic E-state index is 0.121. The zero-order valence-electron chi connectivity index (χ0n) is 10.5. The lowest BCUT2D eigenvalue weighted by Crippen LogP contribution is -2.13. The van der Waals surface area contributed by atoms with Crippen LogP contribution in [0.1, 0.15) is 11.1 Å². The molecular formula is C16H16Cl2O. The van der Waals surface area contributed by atoms with E-state index in [2.05, 4.69) is 12.1 Å². The molecule has 0 spiro atoms. The predicted octanol–water partition coefficient (Wildman–Crippen LogP) is 4.39. The van der Waals surface area contributed by atoms with Crippen LogP contribution in [0.5, 0.6) is 0 Å². The molecule has 0 saturated carbocycles. The molecule has 1 nitrogen and oxygen atoms in total. The molecule has 2 aromatic carbocycles. The third kappa shape index (κ3) is 3.97. The summed E-state index contributed by atoms with van der Waals surface area (Å²) in [6.45, 7) is 0.121. The lowest BCUT2D eigenvalue weighted by atomic mass is 9.93. The largest absolute Gasteiger partial charge is 0.396 e. The van der Waals surface area contributed by atoms with E-state index in [0.29, 0.717) is 16.5 Å². The highest BCUT2D eigenvalue weighted by Gasteiger charge is 2.14. The monoisotopic (exact) mass is 294 g/mol. The first-order valence-electron chi connectivity index (χ1n) is 6.28. The van der Waals surface area contributed by atoms with Crippen LogP contribution < -0.4 is 0 Å². The quantitative estimate of drug-likeness (QED) is 0.867. The molecule has 0 amide bonds. The Balaban J connectivity index is 2.11. The van der Waals surface area contributed by atoms with E-state index in [4.69, 9.17) is 23.2 Å². The summed E-state index contributed by atoms with van der Waals surface area (Å²) in [4.78, 5) is 0. The highest BCUT2D eigenvalue weighted by atomic mass is 35.5. The van der Waals surface area contributed by atoms with Crippen LogP contribution in [0.15, 0.2) is 48.5 Å². The van der Waals surface area contributed by atoms with Crippen molar-refractivity contribution in [2.45, 2.75) is 12.8 Å². The highest BCUT2D eigenvalue weighted by Crippen LogP contribution is 2.27. The first-order chi connectivity index (χ1) is 9.20. The van der Waals surface area contributed by atoms with E-state index < -0.39 is 0 Å².